The van der Waals surface area contributed by atoms with Gasteiger partial charge in [-0.1, -0.05) is 48.5 Å². The average Bonchev–Trinajstić information content (AvgIpc) is 4.07. The summed E-state index contributed by atoms with van der Waals surface area (Å²) >= 11 is 0. The van der Waals surface area contributed by atoms with E-state index in [0.717, 1.165) is 11.1 Å². The molecule has 8 N–H and O–H groups in total. The number of rotatable bonds is 11. The molecule has 3 aromatic carbocycles. The van der Waals surface area contributed by atoms with Crippen LogP contribution in [-0.4, -0.2) is 96.3 Å². The number of carbonyl (C=O) groups is 6. The van der Waals surface area contributed by atoms with Gasteiger partial charge in [0.05, 0.1) is 13.2 Å². The second-order valence-electron chi connectivity index (χ2n) is 18.0. The van der Waals surface area contributed by atoms with Crippen molar-refractivity contribution >= 4 is 41.5 Å². The maximum atomic E-state index is 16.2. The molecular formula is C46H52FN7O10. The van der Waals surface area contributed by atoms with Crippen LogP contribution in [0.2, 0.25) is 0 Å². The van der Waals surface area contributed by atoms with Crippen molar-refractivity contribution in [2.24, 2.45) is 46.6 Å². The number of benzene rings is 3. The standard InChI is InChI=1S/C46H52FN7O10/c1-25-26(2)36(12-11-35(25)47)54(45-29-7-3-27(4-8-29)21-31(45)13-17-52(45)39(57)43(37(48)55,63-41(50)59)33-15-19-61-23-33)46-30-9-5-28(6-10-30)22-32(46)14-18-53(46)40(58)44(38(49)56,64-42(51)60)34-16-20-62-24-34/h3-12,31-34H,13-24H2,1-2H3,(H2,48,55)(H2,49,56)(H2,50,59)(H2,51,60)/t31?,32?,33-,34-,43+,44+,45?,46?/m1/s1. The van der Waals surface area contributed by atoms with E-state index in [2.05, 4.69) is 0 Å². The molecule has 6 amide bonds. The minimum absolute atomic E-state index is 0.00901. The maximum Gasteiger partial charge on any atom is 0.406 e. The minimum atomic E-state index is -2.65. The number of hydrogen-bond acceptors (Lipinski definition) is 11. The van der Waals surface area contributed by atoms with Crippen molar-refractivity contribution in [2.75, 3.05) is 44.4 Å². The Morgan fingerprint density at radius 2 is 1.06 bits per heavy atom. The van der Waals surface area contributed by atoms with Gasteiger partial charge in [-0.15, -0.1) is 0 Å². The molecule has 3 aromatic rings. The molecule has 338 valence electrons. The number of ether oxygens (including phenoxy) is 4. The Balaban J connectivity index is 1.41. The Morgan fingerprint density at radius 1 is 0.641 bits per heavy atom. The van der Waals surface area contributed by atoms with E-state index in [1.165, 1.54) is 15.9 Å². The Kier molecular flexibility index (Phi) is 10.4. The fraction of sp³-hybridized carbons (Fsp3) is 0.478. The van der Waals surface area contributed by atoms with Gasteiger partial charge in [-0.25, -0.2) is 14.0 Å². The van der Waals surface area contributed by atoms with E-state index < -0.39 is 87.8 Å². The SMILES string of the molecule is Cc1c(F)ccc(N(C23c4ccc(cc4)CC2CCN3C(=O)[C@@](OC(N)=O)(C(N)=O)[C@@H]2CCOC2)C23c4ccc(cc4)CC2CCN3C(=O)[C@@](OC(N)=O)(C(N)=O)[C@@H]2CCOC2)c1C. The summed E-state index contributed by atoms with van der Waals surface area (Å²) in [6, 6.07) is 18.2. The second-order valence-corrected chi connectivity index (χ2v) is 18.0. The molecule has 11 rings (SSSR count). The van der Waals surface area contributed by atoms with Gasteiger partial charge in [0.1, 0.15) is 17.1 Å². The van der Waals surface area contributed by atoms with Crippen molar-refractivity contribution in [3.05, 3.63) is 99.9 Å². The van der Waals surface area contributed by atoms with Crippen LogP contribution in [0.4, 0.5) is 19.7 Å². The van der Waals surface area contributed by atoms with Gasteiger partial charge >= 0.3 is 12.2 Å². The minimum Gasteiger partial charge on any atom is -0.422 e. The van der Waals surface area contributed by atoms with E-state index in [4.69, 9.17) is 41.9 Å². The average molecular weight is 882 g/mol. The van der Waals surface area contributed by atoms with Crippen LogP contribution in [0.1, 0.15) is 59.1 Å². The van der Waals surface area contributed by atoms with E-state index in [1.807, 2.05) is 53.4 Å². The molecule has 4 heterocycles. The number of nitrogens with zero attached hydrogens (tertiary/aromatic N) is 3. The number of likely N-dealkylation sites (tertiary alicyclic amines) is 2. The zero-order chi connectivity index (χ0) is 45.5. The highest BCUT2D eigenvalue weighted by Crippen LogP contribution is 2.62. The van der Waals surface area contributed by atoms with Gasteiger partial charge in [0.15, 0.2) is 0 Å². The molecule has 18 heteroatoms. The lowest BCUT2D eigenvalue weighted by Crippen LogP contribution is -2.76. The first kappa shape index (κ1) is 43.0. The van der Waals surface area contributed by atoms with Gasteiger partial charge in [-0.3, -0.25) is 19.2 Å². The number of primary amides is 4. The van der Waals surface area contributed by atoms with Crippen molar-refractivity contribution in [3.63, 3.8) is 0 Å². The van der Waals surface area contributed by atoms with E-state index >= 15 is 14.0 Å². The predicted octanol–water partition coefficient (Wildman–Crippen LogP) is 2.48. The largest absolute Gasteiger partial charge is 0.422 e. The van der Waals surface area contributed by atoms with Gasteiger partial charge < -0.3 is 56.6 Å². The van der Waals surface area contributed by atoms with Crippen LogP contribution >= 0.6 is 0 Å². The van der Waals surface area contributed by atoms with Crippen LogP contribution < -0.4 is 27.8 Å². The van der Waals surface area contributed by atoms with Crippen LogP contribution in [0.25, 0.3) is 0 Å². The molecule has 4 aliphatic heterocycles. The van der Waals surface area contributed by atoms with E-state index in [1.54, 1.807) is 19.9 Å². The molecule has 4 fully saturated rings. The molecule has 4 aliphatic carbocycles. The number of nitrogens with two attached hydrogens (primary N) is 4. The van der Waals surface area contributed by atoms with Gasteiger partial charge in [-0.05, 0) is 97.9 Å². The fourth-order valence-corrected chi connectivity index (χ4v) is 12.1. The van der Waals surface area contributed by atoms with E-state index in [0.29, 0.717) is 48.1 Å². The van der Waals surface area contributed by atoms with Crippen LogP contribution in [-0.2, 0) is 62.3 Å². The first-order valence-corrected chi connectivity index (χ1v) is 21.7. The van der Waals surface area contributed by atoms with Crippen LogP contribution in [0.15, 0.2) is 60.7 Å². The number of anilines is 1. The zero-order valence-electron chi connectivity index (χ0n) is 35.7. The van der Waals surface area contributed by atoms with Gasteiger partial charge in [-0.2, -0.15) is 0 Å². The topological polar surface area (TPSA) is 253 Å². The number of hydrogen-bond donors (Lipinski definition) is 4. The van der Waals surface area contributed by atoms with Crippen LogP contribution in [0.3, 0.4) is 0 Å². The lowest BCUT2D eigenvalue weighted by Gasteiger charge is -2.62. The summed E-state index contributed by atoms with van der Waals surface area (Å²) < 4.78 is 38.7. The lowest BCUT2D eigenvalue weighted by molar-refractivity contribution is -0.174. The van der Waals surface area contributed by atoms with Gasteiger partial charge in [0.25, 0.3) is 34.8 Å². The third kappa shape index (κ3) is 5.86. The lowest BCUT2D eigenvalue weighted by atomic mass is 9.75. The summed E-state index contributed by atoms with van der Waals surface area (Å²) in [6.07, 6.45) is -1.14. The molecule has 0 spiro atoms. The maximum absolute atomic E-state index is 16.2. The van der Waals surface area contributed by atoms with E-state index in [-0.39, 0.29) is 57.9 Å². The highest BCUT2D eigenvalue weighted by molar-refractivity contribution is 6.11. The third-order valence-corrected chi connectivity index (χ3v) is 15.1. The van der Waals surface area contributed by atoms with Crippen molar-refractivity contribution in [2.45, 2.75) is 74.9 Å². The predicted molar refractivity (Wildman–Crippen MR) is 225 cm³/mol. The fourth-order valence-electron chi connectivity index (χ4n) is 12.1. The van der Waals surface area contributed by atoms with E-state index in [9.17, 15) is 19.2 Å². The Bertz CT molecular complexity index is 2300. The highest BCUT2D eigenvalue weighted by Gasteiger charge is 2.72. The van der Waals surface area contributed by atoms with Crippen molar-refractivity contribution in [1.82, 2.24) is 9.80 Å². The quantitative estimate of drug-likeness (QED) is 0.204. The molecule has 4 saturated heterocycles. The second kappa shape index (κ2) is 15.5. The van der Waals surface area contributed by atoms with Gasteiger partial charge in [0, 0.05) is 55.7 Å². The van der Waals surface area contributed by atoms with Crippen LogP contribution in [0, 0.1) is 43.3 Å². The normalized spacial score (nSPS) is 28.3. The van der Waals surface area contributed by atoms with Crippen molar-refractivity contribution in [3.8, 4) is 0 Å². The third-order valence-electron chi connectivity index (χ3n) is 15.1. The first-order chi connectivity index (χ1) is 30.6. The van der Waals surface area contributed by atoms with Crippen molar-refractivity contribution in [1.29, 1.82) is 0 Å². The zero-order valence-corrected chi connectivity index (χ0v) is 35.7. The first-order valence-electron chi connectivity index (χ1n) is 21.7. The number of carbonyl (C=O) groups excluding carboxylic acids is 6. The summed E-state index contributed by atoms with van der Waals surface area (Å²) in [6.45, 7) is 3.34. The molecule has 4 unspecified atom stereocenters. The number of halogens is 1. The number of amides is 6. The molecule has 8 aliphatic rings. The van der Waals surface area contributed by atoms with Crippen molar-refractivity contribution < 1.29 is 52.1 Å². The van der Waals surface area contributed by atoms with Gasteiger partial charge in [0.2, 0.25) is 0 Å². The monoisotopic (exact) mass is 881 g/mol. The molecule has 17 nitrogen and oxygen atoms in total. The summed E-state index contributed by atoms with van der Waals surface area (Å²) in [4.78, 5) is 91.4. The summed E-state index contributed by atoms with van der Waals surface area (Å²) in [5.74, 6) is -8.05. The molecular weight excluding hydrogens is 830 g/mol. The van der Waals surface area contributed by atoms with Crippen LogP contribution in [0.5, 0.6) is 0 Å². The highest BCUT2D eigenvalue weighted by atomic mass is 19.1. The molecule has 0 saturated carbocycles. The molecule has 0 aromatic heterocycles. The summed E-state index contributed by atoms with van der Waals surface area (Å²) in [7, 11) is 0. The smallest absolute Gasteiger partial charge is 0.406 e. The molecule has 0 radical (unpaired) electrons. The Labute approximate surface area is 368 Å². The molecule has 4 bridgehead atoms. The Morgan fingerprint density at radius 3 is 1.42 bits per heavy atom. The molecule has 64 heavy (non-hydrogen) atoms. The summed E-state index contributed by atoms with van der Waals surface area (Å²) in [5, 5.41) is 0. The number of fused-ring (bicyclic) bond motifs is 4. The Hall–Kier alpha value is -6.27. The molecule has 8 atom stereocenters. The summed E-state index contributed by atoms with van der Waals surface area (Å²) in [5.41, 5.74) is 19.2.